The number of hydrogen-bond acceptors (Lipinski definition) is 4. The maximum absolute atomic E-state index is 12.5. The Morgan fingerprint density at radius 1 is 0.939 bits per heavy atom. The maximum Gasteiger partial charge on any atom is 0.251 e. The van der Waals surface area contributed by atoms with Crippen LogP contribution in [0.25, 0.3) is 0 Å². The molecule has 1 aliphatic rings. The van der Waals surface area contributed by atoms with Crippen molar-refractivity contribution in [1.29, 1.82) is 0 Å². The van der Waals surface area contributed by atoms with E-state index in [4.69, 9.17) is 16.3 Å². The average Bonchev–Trinajstić information content (AvgIpc) is 2.85. The second-order valence-corrected chi connectivity index (χ2v) is 8.64. The fraction of sp³-hybridized carbons (Fsp3) is 0.296. The highest BCUT2D eigenvalue weighted by Gasteiger charge is 2.19. The summed E-state index contributed by atoms with van der Waals surface area (Å²) in [6, 6.07) is 23.8. The number of carbonyl (C=O) groups is 1. The van der Waals surface area contributed by atoms with Gasteiger partial charge in [0.05, 0.1) is 17.8 Å². The highest BCUT2D eigenvalue weighted by atomic mass is 35.5. The maximum atomic E-state index is 12.5. The number of ether oxygens (including phenoxy) is 1. The first-order valence-electron chi connectivity index (χ1n) is 11.3. The standard InChI is InChI=1S/C27H30ClN3O2/c1-33-26-9-5-2-6-22(26)14-15-29-27(32)23-12-10-21(11-13-23)20-30-16-18-31(19-17-30)25-8-4-3-7-24(25)28/h2-13H,14-20H2,1H3,(H,29,32). The first kappa shape index (κ1) is 23.1. The fourth-order valence-corrected chi connectivity index (χ4v) is 4.45. The topological polar surface area (TPSA) is 44.8 Å². The molecule has 1 amide bonds. The number of amides is 1. The van der Waals surface area contributed by atoms with E-state index < -0.39 is 0 Å². The normalized spacial score (nSPS) is 14.2. The van der Waals surface area contributed by atoms with E-state index in [1.54, 1.807) is 7.11 Å². The molecule has 1 N–H and O–H groups in total. The minimum Gasteiger partial charge on any atom is -0.496 e. The van der Waals surface area contributed by atoms with E-state index in [0.29, 0.717) is 12.1 Å². The lowest BCUT2D eigenvalue weighted by molar-refractivity contribution is 0.0954. The van der Waals surface area contributed by atoms with Crippen molar-refractivity contribution >= 4 is 23.2 Å². The van der Waals surface area contributed by atoms with Crippen LogP contribution < -0.4 is 15.0 Å². The zero-order chi connectivity index (χ0) is 23.0. The third kappa shape index (κ3) is 6.06. The quantitative estimate of drug-likeness (QED) is 0.528. The molecule has 4 rings (SSSR count). The summed E-state index contributed by atoms with van der Waals surface area (Å²) in [7, 11) is 1.66. The number of halogens is 1. The zero-order valence-electron chi connectivity index (χ0n) is 19.0. The van der Waals surface area contributed by atoms with E-state index in [0.717, 1.165) is 61.2 Å². The number of carbonyl (C=O) groups excluding carboxylic acids is 1. The Morgan fingerprint density at radius 3 is 2.36 bits per heavy atom. The second-order valence-electron chi connectivity index (χ2n) is 8.23. The van der Waals surface area contributed by atoms with Crippen molar-refractivity contribution in [2.45, 2.75) is 13.0 Å². The molecule has 33 heavy (non-hydrogen) atoms. The van der Waals surface area contributed by atoms with Gasteiger partial charge in [-0.15, -0.1) is 0 Å². The van der Waals surface area contributed by atoms with Crippen LogP contribution in [0.5, 0.6) is 5.75 Å². The third-order valence-electron chi connectivity index (χ3n) is 6.06. The Bertz CT molecular complexity index is 1060. The Hall–Kier alpha value is -3.02. The van der Waals surface area contributed by atoms with Gasteiger partial charge in [-0.05, 0) is 47.9 Å². The van der Waals surface area contributed by atoms with Crippen LogP contribution in [-0.2, 0) is 13.0 Å². The molecule has 0 aromatic heterocycles. The highest BCUT2D eigenvalue weighted by molar-refractivity contribution is 6.33. The molecule has 0 radical (unpaired) electrons. The minimum atomic E-state index is -0.0511. The van der Waals surface area contributed by atoms with E-state index in [1.807, 2.05) is 54.6 Å². The molecule has 1 saturated heterocycles. The van der Waals surface area contributed by atoms with Crippen LogP contribution in [0.3, 0.4) is 0 Å². The smallest absolute Gasteiger partial charge is 0.251 e. The third-order valence-corrected chi connectivity index (χ3v) is 6.38. The summed E-state index contributed by atoms with van der Waals surface area (Å²) in [6.45, 7) is 5.32. The molecule has 5 nitrogen and oxygen atoms in total. The van der Waals surface area contributed by atoms with Crippen LogP contribution in [0.1, 0.15) is 21.5 Å². The number of para-hydroxylation sites is 2. The summed E-state index contributed by atoms with van der Waals surface area (Å²) < 4.78 is 5.37. The Kier molecular flexibility index (Phi) is 7.87. The lowest BCUT2D eigenvalue weighted by atomic mass is 10.1. The van der Waals surface area contributed by atoms with Crippen LogP contribution >= 0.6 is 11.6 Å². The van der Waals surface area contributed by atoms with Crippen molar-refractivity contribution in [3.05, 3.63) is 94.5 Å². The van der Waals surface area contributed by atoms with Gasteiger partial charge in [-0.2, -0.15) is 0 Å². The zero-order valence-corrected chi connectivity index (χ0v) is 19.7. The van der Waals surface area contributed by atoms with Crippen LogP contribution in [0, 0.1) is 0 Å². The SMILES string of the molecule is COc1ccccc1CCNC(=O)c1ccc(CN2CCN(c3ccccc3Cl)CC2)cc1. The minimum absolute atomic E-state index is 0.0511. The van der Waals surface area contributed by atoms with E-state index >= 15 is 0 Å². The molecule has 0 aliphatic carbocycles. The van der Waals surface area contributed by atoms with Crippen molar-refractivity contribution in [2.75, 3.05) is 44.7 Å². The number of rotatable bonds is 8. The summed E-state index contributed by atoms with van der Waals surface area (Å²) in [5.41, 5.74) is 4.10. The lowest BCUT2D eigenvalue weighted by Crippen LogP contribution is -2.46. The molecule has 3 aromatic rings. The van der Waals surface area contributed by atoms with Gasteiger partial charge in [0.15, 0.2) is 0 Å². The van der Waals surface area contributed by atoms with Crippen LogP contribution in [-0.4, -0.2) is 50.6 Å². The number of benzene rings is 3. The molecule has 6 heteroatoms. The monoisotopic (exact) mass is 463 g/mol. The molecular weight excluding hydrogens is 434 g/mol. The molecule has 1 heterocycles. The number of piperazine rings is 1. The molecule has 172 valence electrons. The largest absolute Gasteiger partial charge is 0.496 e. The average molecular weight is 464 g/mol. The Balaban J connectivity index is 1.24. The van der Waals surface area contributed by atoms with Gasteiger partial charge in [-0.3, -0.25) is 9.69 Å². The lowest BCUT2D eigenvalue weighted by Gasteiger charge is -2.36. The Labute approximate surface area is 200 Å². The molecular formula is C27H30ClN3O2. The van der Waals surface area contributed by atoms with Gasteiger partial charge < -0.3 is 15.0 Å². The highest BCUT2D eigenvalue weighted by Crippen LogP contribution is 2.26. The van der Waals surface area contributed by atoms with Gasteiger partial charge in [0, 0.05) is 44.8 Å². The summed E-state index contributed by atoms with van der Waals surface area (Å²) in [4.78, 5) is 17.3. The van der Waals surface area contributed by atoms with Crippen LogP contribution in [0.2, 0.25) is 5.02 Å². The van der Waals surface area contributed by atoms with E-state index in [2.05, 4.69) is 33.3 Å². The first-order valence-corrected chi connectivity index (χ1v) is 11.7. The summed E-state index contributed by atoms with van der Waals surface area (Å²) in [5.74, 6) is 0.800. The van der Waals surface area contributed by atoms with Gasteiger partial charge in [-0.1, -0.05) is 54.1 Å². The van der Waals surface area contributed by atoms with Crippen LogP contribution in [0.15, 0.2) is 72.8 Å². The summed E-state index contributed by atoms with van der Waals surface area (Å²) in [5, 5.41) is 3.81. The van der Waals surface area contributed by atoms with Crippen molar-refractivity contribution in [3.63, 3.8) is 0 Å². The predicted molar refractivity (Wildman–Crippen MR) is 134 cm³/mol. The van der Waals surface area contributed by atoms with Crippen molar-refractivity contribution < 1.29 is 9.53 Å². The van der Waals surface area contributed by atoms with Gasteiger partial charge in [0.2, 0.25) is 0 Å². The molecule has 1 fully saturated rings. The number of nitrogens with one attached hydrogen (secondary N) is 1. The summed E-state index contributed by atoms with van der Waals surface area (Å²) in [6.07, 6.45) is 0.730. The molecule has 0 unspecified atom stereocenters. The molecule has 0 saturated carbocycles. The summed E-state index contributed by atoms with van der Waals surface area (Å²) >= 11 is 6.35. The van der Waals surface area contributed by atoms with Gasteiger partial charge >= 0.3 is 0 Å². The number of anilines is 1. The molecule has 0 bridgehead atoms. The van der Waals surface area contributed by atoms with Gasteiger partial charge in [0.25, 0.3) is 5.91 Å². The van der Waals surface area contributed by atoms with E-state index in [-0.39, 0.29) is 5.91 Å². The molecule has 3 aromatic carbocycles. The number of methoxy groups -OCH3 is 1. The number of nitrogens with zero attached hydrogens (tertiary/aromatic N) is 2. The van der Waals surface area contributed by atoms with Gasteiger partial charge in [-0.25, -0.2) is 0 Å². The molecule has 0 atom stereocenters. The Morgan fingerprint density at radius 2 is 1.64 bits per heavy atom. The molecule has 0 spiro atoms. The fourth-order valence-electron chi connectivity index (χ4n) is 4.20. The van der Waals surface area contributed by atoms with E-state index in [1.165, 1.54) is 5.56 Å². The molecule has 1 aliphatic heterocycles. The second kappa shape index (κ2) is 11.2. The van der Waals surface area contributed by atoms with Crippen LogP contribution in [0.4, 0.5) is 5.69 Å². The first-order chi connectivity index (χ1) is 16.1. The van der Waals surface area contributed by atoms with Crippen molar-refractivity contribution in [3.8, 4) is 5.75 Å². The van der Waals surface area contributed by atoms with Crippen molar-refractivity contribution in [1.82, 2.24) is 10.2 Å². The predicted octanol–water partition coefficient (Wildman–Crippen LogP) is 4.64. The number of hydrogen-bond donors (Lipinski definition) is 1. The van der Waals surface area contributed by atoms with Crippen molar-refractivity contribution in [2.24, 2.45) is 0 Å². The van der Waals surface area contributed by atoms with Gasteiger partial charge in [0.1, 0.15) is 5.75 Å². The van der Waals surface area contributed by atoms with E-state index in [9.17, 15) is 4.79 Å².